The maximum atomic E-state index is 11.3. The van der Waals surface area contributed by atoms with Gasteiger partial charge in [0.2, 0.25) is 0 Å². The van der Waals surface area contributed by atoms with Crippen molar-refractivity contribution >= 4 is 11.9 Å². The molecule has 1 saturated heterocycles. The third-order valence-electron chi connectivity index (χ3n) is 5.52. The summed E-state index contributed by atoms with van der Waals surface area (Å²) in [7, 11) is 0. The molecule has 2 heterocycles. The van der Waals surface area contributed by atoms with Gasteiger partial charge >= 0.3 is 11.9 Å². The number of carboxylic acid groups (broad SMARTS) is 1. The molecule has 2 aliphatic rings. The van der Waals surface area contributed by atoms with Crippen LogP contribution in [0, 0.1) is 11.3 Å². The van der Waals surface area contributed by atoms with Crippen molar-refractivity contribution in [2.75, 3.05) is 26.3 Å². The van der Waals surface area contributed by atoms with Gasteiger partial charge in [0.15, 0.2) is 5.76 Å². The molecule has 8 nitrogen and oxygen atoms in total. The summed E-state index contributed by atoms with van der Waals surface area (Å²) in [6, 6.07) is 1.87. The van der Waals surface area contributed by atoms with Crippen LogP contribution in [0.25, 0.3) is 0 Å². The van der Waals surface area contributed by atoms with Gasteiger partial charge in [-0.2, -0.15) is 0 Å². The van der Waals surface area contributed by atoms with Crippen LogP contribution >= 0.6 is 0 Å². The van der Waals surface area contributed by atoms with Crippen molar-refractivity contribution in [3.63, 3.8) is 0 Å². The van der Waals surface area contributed by atoms with Gasteiger partial charge in [-0.1, -0.05) is 19.0 Å². The Labute approximate surface area is 146 Å². The summed E-state index contributed by atoms with van der Waals surface area (Å²) in [5.74, 6) is -1.20. The topological polar surface area (TPSA) is 105 Å². The van der Waals surface area contributed by atoms with E-state index < -0.39 is 11.9 Å². The Balaban J connectivity index is 1.51. The van der Waals surface area contributed by atoms with Crippen LogP contribution in [0.1, 0.15) is 31.7 Å². The van der Waals surface area contributed by atoms with Crippen molar-refractivity contribution in [1.29, 1.82) is 0 Å². The van der Waals surface area contributed by atoms with E-state index in [9.17, 15) is 9.59 Å². The molecule has 138 valence electrons. The number of aliphatic carboxylic acids is 1. The number of aromatic nitrogens is 1. The molecule has 1 aliphatic carbocycles. The summed E-state index contributed by atoms with van der Waals surface area (Å²) < 4.78 is 10.8. The first kappa shape index (κ1) is 17.9. The van der Waals surface area contributed by atoms with E-state index in [1.54, 1.807) is 0 Å². The normalized spacial score (nSPS) is 26.0. The molecule has 1 aromatic rings. The van der Waals surface area contributed by atoms with Gasteiger partial charge in [-0.05, 0) is 24.2 Å². The minimum atomic E-state index is -1.44. The van der Waals surface area contributed by atoms with E-state index in [2.05, 4.69) is 15.4 Å². The second-order valence-corrected chi connectivity index (χ2v) is 7.46. The van der Waals surface area contributed by atoms with Crippen LogP contribution in [-0.2, 0) is 27.3 Å². The molecule has 2 atom stereocenters. The Morgan fingerprint density at radius 3 is 2.76 bits per heavy atom. The third-order valence-corrected chi connectivity index (χ3v) is 5.52. The summed E-state index contributed by atoms with van der Waals surface area (Å²) in [6.45, 7) is 8.13. The largest absolute Gasteiger partial charge is 0.474 e. The highest BCUT2D eigenvalue weighted by Gasteiger charge is 2.49. The van der Waals surface area contributed by atoms with Gasteiger partial charge < -0.3 is 19.7 Å². The molecule has 3 rings (SSSR count). The molecule has 0 spiro atoms. The highest BCUT2D eigenvalue weighted by atomic mass is 16.5. The molecule has 0 unspecified atom stereocenters. The minimum absolute atomic E-state index is 0.124. The second-order valence-electron chi connectivity index (χ2n) is 7.46. The smallest absolute Gasteiger partial charge is 0.394 e. The summed E-state index contributed by atoms with van der Waals surface area (Å²) in [5, 5.41) is 15.5. The average Bonchev–Trinajstić information content (AvgIpc) is 3.01. The zero-order valence-corrected chi connectivity index (χ0v) is 14.7. The van der Waals surface area contributed by atoms with Crippen LogP contribution in [0.4, 0.5) is 0 Å². The molecule has 0 aromatic carbocycles. The maximum absolute atomic E-state index is 11.3. The maximum Gasteiger partial charge on any atom is 0.394 e. The molecular weight excluding hydrogens is 326 g/mol. The molecular formula is C17H25N3O5. The second kappa shape index (κ2) is 7.13. The lowest BCUT2D eigenvalue weighted by atomic mass is 9.57. The standard InChI is InChI=1S/C17H25N3O5/c1-17(2)11(8-14(17)18-15(21)16(22)23)7-12-9-13(25-19-12)10-20-3-5-24-6-4-20/h9,11,14H,3-8,10H2,1-2H3,(H,18,21)(H,22,23)/t11-,14+/m1/s1. The van der Waals surface area contributed by atoms with E-state index in [1.165, 1.54) is 0 Å². The van der Waals surface area contributed by atoms with E-state index in [4.69, 9.17) is 14.4 Å². The number of ether oxygens (including phenoxy) is 1. The summed E-state index contributed by atoms with van der Waals surface area (Å²) in [4.78, 5) is 24.3. The SMILES string of the molecule is CC1(C)[C@H](Cc2cc(CN3CCOCC3)on2)C[C@@H]1NC(=O)C(=O)O. The first-order valence-electron chi connectivity index (χ1n) is 8.64. The lowest BCUT2D eigenvalue weighted by molar-refractivity contribution is -0.152. The number of morpholine rings is 1. The molecule has 1 aromatic heterocycles. The zero-order chi connectivity index (χ0) is 18.0. The molecule has 0 bridgehead atoms. The fraction of sp³-hybridized carbons (Fsp3) is 0.706. The van der Waals surface area contributed by atoms with Gasteiger partial charge in [0.05, 0.1) is 25.5 Å². The van der Waals surface area contributed by atoms with Gasteiger partial charge in [-0.25, -0.2) is 4.79 Å². The Kier molecular flexibility index (Phi) is 5.10. The van der Waals surface area contributed by atoms with E-state index in [-0.39, 0.29) is 11.5 Å². The molecule has 1 saturated carbocycles. The Morgan fingerprint density at radius 2 is 2.12 bits per heavy atom. The number of hydrogen-bond acceptors (Lipinski definition) is 6. The van der Waals surface area contributed by atoms with Crippen LogP contribution < -0.4 is 5.32 Å². The van der Waals surface area contributed by atoms with Gasteiger partial charge in [-0.3, -0.25) is 9.69 Å². The predicted octanol–water partition coefficient (Wildman–Crippen LogP) is 0.665. The Bertz CT molecular complexity index is 636. The van der Waals surface area contributed by atoms with Crippen molar-refractivity contribution < 1.29 is 24.0 Å². The van der Waals surface area contributed by atoms with E-state index in [0.717, 1.165) is 57.1 Å². The number of nitrogens with zero attached hydrogens (tertiary/aromatic N) is 2. The summed E-state index contributed by atoms with van der Waals surface area (Å²) in [6.07, 6.45) is 1.51. The third kappa shape index (κ3) is 4.01. The van der Waals surface area contributed by atoms with Gasteiger partial charge in [0, 0.05) is 25.2 Å². The van der Waals surface area contributed by atoms with Crippen molar-refractivity contribution in [2.24, 2.45) is 11.3 Å². The first-order chi connectivity index (χ1) is 11.9. The van der Waals surface area contributed by atoms with Gasteiger partial charge in [0.1, 0.15) is 0 Å². The summed E-state index contributed by atoms with van der Waals surface area (Å²) >= 11 is 0. The van der Waals surface area contributed by atoms with E-state index in [1.807, 2.05) is 19.9 Å². The number of rotatable bonds is 5. The highest BCUT2D eigenvalue weighted by Crippen LogP contribution is 2.47. The molecule has 25 heavy (non-hydrogen) atoms. The Morgan fingerprint density at radius 1 is 1.40 bits per heavy atom. The van der Waals surface area contributed by atoms with Crippen molar-refractivity contribution in [3.05, 3.63) is 17.5 Å². The number of amides is 1. The number of hydrogen-bond donors (Lipinski definition) is 2. The van der Waals surface area contributed by atoms with E-state index in [0.29, 0.717) is 5.92 Å². The monoisotopic (exact) mass is 351 g/mol. The number of nitrogens with one attached hydrogen (secondary N) is 1. The lowest BCUT2D eigenvalue weighted by Crippen LogP contribution is -2.59. The van der Waals surface area contributed by atoms with Crippen LogP contribution in [0.3, 0.4) is 0 Å². The molecule has 8 heteroatoms. The number of carbonyl (C=O) groups excluding carboxylic acids is 1. The van der Waals surface area contributed by atoms with Crippen LogP contribution in [0.2, 0.25) is 0 Å². The van der Waals surface area contributed by atoms with E-state index >= 15 is 0 Å². The molecule has 1 aliphatic heterocycles. The van der Waals surface area contributed by atoms with Crippen LogP contribution in [-0.4, -0.2) is 59.4 Å². The highest BCUT2D eigenvalue weighted by molar-refractivity contribution is 6.31. The molecule has 0 radical (unpaired) electrons. The summed E-state index contributed by atoms with van der Waals surface area (Å²) in [5.41, 5.74) is 0.735. The number of carboxylic acids is 1. The molecule has 2 fully saturated rings. The fourth-order valence-corrected chi connectivity index (χ4v) is 3.59. The first-order valence-corrected chi connectivity index (χ1v) is 8.64. The average molecular weight is 351 g/mol. The quantitative estimate of drug-likeness (QED) is 0.751. The zero-order valence-electron chi connectivity index (χ0n) is 14.7. The lowest BCUT2D eigenvalue weighted by Gasteiger charge is -2.52. The molecule has 2 N–H and O–H groups in total. The van der Waals surface area contributed by atoms with Crippen LogP contribution in [0.5, 0.6) is 0 Å². The van der Waals surface area contributed by atoms with Crippen LogP contribution in [0.15, 0.2) is 10.6 Å². The van der Waals surface area contributed by atoms with Crippen molar-refractivity contribution in [1.82, 2.24) is 15.4 Å². The fourth-order valence-electron chi connectivity index (χ4n) is 3.59. The van der Waals surface area contributed by atoms with Gasteiger partial charge in [-0.15, -0.1) is 0 Å². The van der Waals surface area contributed by atoms with Crippen molar-refractivity contribution in [3.8, 4) is 0 Å². The van der Waals surface area contributed by atoms with Crippen molar-refractivity contribution in [2.45, 2.75) is 39.3 Å². The van der Waals surface area contributed by atoms with Gasteiger partial charge in [0.25, 0.3) is 0 Å². The number of carbonyl (C=O) groups is 2. The Hall–Kier alpha value is -1.93. The predicted molar refractivity (Wildman–Crippen MR) is 87.8 cm³/mol. The minimum Gasteiger partial charge on any atom is -0.474 e. The molecule has 1 amide bonds.